The first kappa shape index (κ1) is 14.1. The van der Waals surface area contributed by atoms with Crippen molar-refractivity contribution in [1.29, 1.82) is 5.26 Å². The van der Waals surface area contributed by atoms with Gasteiger partial charge in [-0.05, 0) is 17.2 Å². The molecule has 2 aromatic carbocycles. The summed E-state index contributed by atoms with van der Waals surface area (Å²) in [5.74, 6) is 0.294. The van der Waals surface area contributed by atoms with Crippen LogP contribution in [0.4, 0.5) is 11.4 Å². The second-order valence-corrected chi connectivity index (χ2v) is 4.04. The number of hydrazine groups is 1. The van der Waals surface area contributed by atoms with Crippen molar-refractivity contribution in [2.24, 2.45) is 5.10 Å². The van der Waals surface area contributed by atoms with Crippen LogP contribution in [-0.4, -0.2) is 5.84 Å². The minimum Gasteiger partial charge on any atom is -1.00 e. The smallest absolute Gasteiger partial charge is 0.286 e. The van der Waals surface area contributed by atoms with Crippen LogP contribution in [0.25, 0.3) is 0 Å². The first-order chi connectivity index (χ1) is 9.38. The number of hydrogen-bond donors (Lipinski definition) is 2. The molecule has 0 aliphatic carbocycles. The van der Waals surface area contributed by atoms with Crippen LogP contribution in [-0.2, 0) is 0 Å². The van der Waals surface area contributed by atoms with Gasteiger partial charge < -0.3 is 17.0 Å². The predicted octanol–water partition coefficient (Wildman–Crippen LogP) is -2.02. The number of benzene rings is 2. The van der Waals surface area contributed by atoms with E-state index in [-0.39, 0.29) is 17.0 Å². The molecule has 0 bridgehead atoms. The first-order valence-electron chi connectivity index (χ1n) is 5.91. The van der Waals surface area contributed by atoms with E-state index in [4.69, 9.17) is 5.26 Å². The van der Waals surface area contributed by atoms with Gasteiger partial charge in [-0.2, -0.15) is 5.26 Å². The van der Waals surface area contributed by atoms with E-state index in [2.05, 4.69) is 10.5 Å². The fourth-order valence-electron chi connectivity index (χ4n) is 1.93. The highest BCUT2D eigenvalue weighted by molar-refractivity contribution is 5.97. The number of rotatable bonds is 2. The van der Waals surface area contributed by atoms with Crippen LogP contribution in [0.3, 0.4) is 0 Å². The van der Waals surface area contributed by atoms with Crippen LogP contribution in [0.15, 0.2) is 65.8 Å². The van der Waals surface area contributed by atoms with Crippen LogP contribution in [0.2, 0.25) is 0 Å². The van der Waals surface area contributed by atoms with Crippen LogP contribution in [0, 0.1) is 11.3 Å². The van der Waals surface area contributed by atoms with Gasteiger partial charge in [0.15, 0.2) is 5.69 Å². The van der Waals surface area contributed by atoms with Crippen LogP contribution >= 0.6 is 0 Å². The highest BCUT2D eigenvalue weighted by atomic mass is 79.9. The van der Waals surface area contributed by atoms with Gasteiger partial charge in [0.25, 0.3) is 5.84 Å². The maximum absolute atomic E-state index is 9.01. The van der Waals surface area contributed by atoms with E-state index in [0.717, 1.165) is 16.5 Å². The van der Waals surface area contributed by atoms with E-state index in [1.54, 1.807) is 0 Å². The molecular weight excluding hydrogens is 318 g/mol. The van der Waals surface area contributed by atoms with Gasteiger partial charge in [-0.1, -0.05) is 46.6 Å². The fourth-order valence-corrected chi connectivity index (χ4v) is 1.93. The number of amidine groups is 1. The summed E-state index contributed by atoms with van der Waals surface area (Å²) in [6.45, 7) is 0. The minimum atomic E-state index is 0. The van der Waals surface area contributed by atoms with E-state index in [9.17, 15) is 0 Å². The second-order valence-electron chi connectivity index (χ2n) is 4.04. The van der Waals surface area contributed by atoms with Crippen molar-refractivity contribution in [3.05, 3.63) is 60.7 Å². The van der Waals surface area contributed by atoms with E-state index < -0.39 is 0 Å². The van der Waals surface area contributed by atoms with Gasteiger partial charge in [0.1, 0.15) is 11.8 Å². The number of nitriles is 1. The largest absolute Gasteiger partial charge is 1.00 e. The molecule has 1 atom stereocenters. The maximum atomic E-state index is 9.01. The summed E-state index contributed by atoms with van der Waals surface area (Å²) >= 11 is 0. The van der Waals surface area contributed by atoms with E-state index in [1.165, 1.54) is 0 Å². The van der Waals surface area contributed by atoms with Crippen LogP contribution in [0.1, 0.15) is 0 Å². The van der Waals surface area contributed by atoms with Crippen molar-refractivity contribution in [1.82, 2.24) is 5.43 Å². The Morgan fingerprint density at radius 2 is 1.60 bits per heavy atom. The van der Waals surface area contributed by atoms with Gasteiger partial charge in [0, 0.05) is 12.1 Å². The molecule has 20 heavy (non-hydrogen) atoms. The molecule has 1 unspecified atom stereocenters. The molecule has 2 aromatic rings. The predicted molar refractivity (Wildman–Crippen MR) is 72.2 cm³/mol. The van der Waals surface area contributed by atoms with Gasteiger partial charge in [-0.25, -0.2) is 5.43 Å². The van der Waals surface area contributed by atoms with Crippen LogP contribution < -0.4 is 32.6 Å². The van der Waals surface area contributed by atoms with Gasteiger partial charge in [0.2, 0.25) is 0 Å². The molecule has 6 heteroatoms. The number of hydrogen-bond acceptors (Lipinski definition) is 4. The molecule has 3 rings (SSSR count). The molecule has 5 nitrogen and oxygen atoms in total. The SMILES string of the molecule is N#CC1=N[NH+](c2ccccc2)N(c2ccccc2)N1.[Br-]. The Balaban J connectivity index is 0.00000147. The van der Waals surface area contributed by atoms with E-state index >= 15 is 0 Å². The molecule has 1 aliphatic rings. The number of nitrogens with zero attached hydrogens (tertiary/aromatic N) is 3. The molecule has 0 aromatic heterocycles. The highest BCUT2D eigenvalue weighted by Crippen LogP contribution is 2.11. The average Bonchev–Trinajstić information content (AvgIpc) is 2.93. The number of nitrogens with one attached hydrogen (secondary N) is 2. The molecule has 0 amide bonds. The number of para-hydroxylation sites is 1. The molecule has 1 aliphatic heterocycles. The molecule has 0 fully saturated rings. The minimum absolute atomic E-state index is 0. The summed E-state index contributed by atoms with van der Waals surface area (Å²) < 4.78 is 0. The third kappa shape index (κ3) is 2.64. The lowest BCUT2D eigenvalue weighted by Gasteiger charge is -2.20. The number of anilines is 1. The van der Waals surface area contributed by atoms with Crippen molar-refractivity contribution in [2.75, 3.05) is 5.12 Å². The molecule has 0 saturated carbocycles. The summed E-state index contributed by atoms with van der Waals surface area (Å²) in [6.07, 6.45) is 0. The van der Waals surface area contributed by atoms with Gasteiger partial charge in [0.05, 0.1) is 0 Å². The third-order valence-electron chi connectivity index (χ3n) is 2.80. The second kappa shape index (κ2) is 6.19. The molecular formula is C14H12BrN5. The highest BCUT2D eigenvalue weighted by Gasteiger charge is 2.31. The fraction of sp³-hybridized carbons (Fsp3) is 0. The maximum Gasteiger partial charge on any atom is 0.286 e. The zero-order chi connectivity index (χ0) is 13.1. The average molecular weight is 330 g/mol. The third-order valence-corrected chi connectivity index (χ3v) is 2.80. The Morgan fingerprint density at radius 1 is 1.00 bits per heavy atom. The molecule has 1 heterocycles. The Morgan fingerprint density at radius 3 is 2.20 bits per heavy atom. The Hall–Kier alpha value is -2.36. The normalized spacial score (nSPS) is 16.6. The van der Waals surface area contributed by atoms with Crippen molar-refractivity contribution in [3.8, 4) is 6.07 Å². The Labute approximate surface area is 127 Å². The topological polar surface area (TPSA) is 55.9 Å². The quantitative estimate of drug-likeness (QED) is 0.669. The van der Waals surface area contributed by atoms with Gasteiger partial charge in [-0.3, -0.25) is 0 Å². The summed E-state index contributed by atoms with van der Waals surface area (Å²) in [5.41, 5.74) is 4.89. The number of halogens is 1. The lowest BCUT2D eigenvalue weighted by molar-refractivity contribution is -0.846. The Bertz CT molecular complexity index is 636. The zero-order valence-electron chi connectivity index (χ0n) is 10.5. The zero-order valence-corrected chi connectivity index (χ0v) is 12.1. The van der Waals surface area contributed by atoms with Crippen molar-refractivity contribution >= 4 is 17.2 Å². The molecule has 100 valence electrons. The summed E-state index contributed by atoms with van der Waals surface area (Å²) in [7, 11) is 0. The monoisotopic (exact) mass is 329 g/mol. The molecule has 0 saturated heterocycles. The van der Waals surface area contributed by atoms with Crippen molar-refractivity contribution in [2.45, 2.75) is 0 Å². The first-order valence-corrected chi connectivity index (χ1v) is 5.91. The van der Waals surface area contributed by atoms with E-state index in [0.29, 0.717) is 5.84 Å². The van der Waals surface area contributed by atoms with Gasteiger partial charge in [-0.15, -0.1) is 0 Å². The Kier molecular flexibility index (Phi) is 4.35. The standard InChI is InChI=1S/C14H11N5.BrH/c15-11-14-16-18(12-7-3-1-4-8-12)19(17-14)13-9-5-2-6-10-13;/h1-10H,(H,16,17);1H. The van der Waals surface area contributed by atoms with Crippen molar-refractivity contribution < 1.29 is 22.1 Å². The summed E-state index contributed by atoms with van der Waals surface area (Å²) in [6, 6.07) is 21.6. The number of quaternary nitrogens is 1. The summed E-state index contributed by atoms with van der Waals surface area (Å²) in [5, 5.41) is 15.9. The van der Waals surface area contributed by atoms with E-state index in [1.807, 2.05) is 71.9 Å². The van der Waals surface area contributed by atoms with Crippen LogP contribution in [0.5, 0.6) is 0 Å². The lowest BCUT2D eigenvalue weighted by atomic mass is 10.3. The van der Waals surface area contributed by atoms with Crippen molar-refractivity contribution in [3.63, 3.8) is 0 Å². The molecule has 0 radical (unpaired) electrons. The summed E-state index contributed by atoms with van der Waals surface area (Å²) in [4.78, 5) is 0. The van der Waals surface area contributed by atoms with Gasteiger partial charge >= 0.3 is 0 Å². The molecule has 2 N–H and O–H groups in total. The lowest BCUT2D eigenvalue weighted by Crippen LogP contribution is -3.10. The molecule has 0 spiro atoms.